The summed E-state index contributed by atoms with van der Waals surface area (Å²) in [4.78, 5) is 25.3. The van der Waals surface area contributed by atoms with E-state index in [1.54, 1.807) is 6.26 Å². The summed E-state index contributed by atoms with van der Waals surface area (Å²) in [5.74, 6) is 0.716. The Morgan fingerprint density at radius 2 is 2.26 bits per heavy atom. The summed E-state index contributed by atoms with van der Waals surface area (Å²) < 4.78 is 5.23. The van der Waals surface area contributed by atoms with Gasteiger partial charge in [0.2, 0.25) is 5.56 Å². The van der Waals surface area contributed by atoms with Crippen LogP contribution in [-0.4, -0.2) is 16.9 Å². The lowest BCUT2D eigenvalue weighted by molar-refractivity contribution is 0.0937. The van der Waals surface area contributed by atoms with Crippen LogP contribution in [0.25, 0.3) is 0 Å². The van der Waals surface area contributed by atoms with Crippen molar-refractivity contribution in [3.05, 3.63) is 58.4 Å². The number of aromatic nitrogens is 1. The van der Waals surface area contributed by atoms with Crippen LogP contribution in [-0.2, 0) is 6.42 Å². The molecule has 2 heterocycles. The van der Waals surface area contributed by atoms with Crippen LogP contribution in [0, 0.1) is 0 Å². The highest BCUT2D eigenvalue weighted by molar-refractivity contribution is 5.93. The van der Waals surface area contributed by atoms with Crippen LogP contribution in [0.3, 0.4) is 0 Å². The Morgan fingerprint density at radius 1 is 1.42 bits per heavy atom. The van der Waals surface area contributed by atoms with E-state index in [4.69, 9.17) is 4.42 Å². The predicted molar refractivity (Wildman–Crippen MR) is 71.0 cm³/mol. The lowest BCUT2D eigenvalue weighted by Gasteiger charge is -2.12. The van der Waals surface area contributed by atoms with Crippen molar-refractivity contribution in [2.45, 2.75) is 25.8 Å². The molecular formula is C14H16N2O3. The maximum absolute atomic E-state index is 11.9. The third-order valence-electron chi connectivity index (χ3n) is 2.83. The number of carbonyl (C=O) groups excluding carboxylic acids is 1. The maximum Gasteiger partial charge on any atom is 0.252 e. The van der Waals surface area contributed by atoms with Gasteiger partial charge in [-0.05, 0) is 31.5 Å². The lowest BCUT2D eigenvalue weighted by atomic mass is 10.1. The van der Waals surface area contributed by atoms with Crippen LogP contribution >= 0.6 is 0 Å². The van der Waals surface area contributed by atoms with Crippen molar-refractivity contribution in [3.63, 3.8) is 0 Å². The lowest BCUT2D eigenvalue weighted by Crippen LogP contribution is -2.33. The van der Waals surface area contributed by atoms with Crippen LogP contribution < -0.4 is 10.9 Å². The van der Waals surface area contributed by atoms with Crippen molar-refractivity contribution >= 4 is 5.91 Å². The van der Waals surface area contributed by atoms with E-state index in [1.807, 2.05) is 19.1 Å². The van der Waals surface area contributed by atoms with Crippen molar-refractivity contribution in [2.24, 2.45) is 0 Å². The fraction of sp³-hybridized carbons (Fsp3) is 0.286. The second kappa shape index (κ2) is 6.04. The summed E-state index contributed by atoms with van der Waals surface area (Å²) in [6.45, 7) is 1.94. The zero-order chi connectivity index (χ0) is 13.7. The van der Waals surface area contributed by atoms with Gasteiger partial charge in [0.25, 0.3) is 5.91 Å². The summed E-state index contributed by atoms with van der Waals surface area (Å²) in [5.41, 5.74) is 0.229. The molecule has 1 amide bonds. The summed E-state index contributed by atoms with van der Waals surface area (Å²) in [7, 11) is 0. The number of H-pyrrole nitrogens is 1. The minimum Gasteiger partial charge on any atom is -0.469 e. The largest absolute Gasteiger partial charge is 0.469 e. The highest BCUT2D eigenvalue weighted by Gasteiger charge is 2.10. The molecule has 0 bridgehead atoms. The van der Waals surface area contributed by atoms with Crippen LogP contribution in [0.5, 0.6) is 0 Å². The molecule has 5 heteroatoms. The Morgan fingerprint density at radius 3 is 2.89 bits per heavy atom. The molecule has 100 valence electrons. The first-order valence-corrected chi connectivity index (χ1v) is 6.17. The number of aromatic amines is 1. The van der Waals surface area contributed by atoms with Crippen molar-refractivity contribution in [1.82, 2.24) is 10.3 Å². The normalized spacial score (nSPS) is 12.1. The fourth-order valence-corrected chi connectivity index (χ4v) is 1.74. The Labute approximate surface area is 110 Å². The predicted octanol–water partition coefficient (Wildman–Crippen LogP) is 1.72. The third-order valence-corrected chi connectivity index (χ3v) is 2.83. The number of amides is 1. The SMILES string of the molecule is C[C@@H](CCc1ccco1)NC(=O)c1ccc(=O)[nH]c1. The van der Waals surface area contributed by atoms with Gasteiger partial charge < -0.3 is 14.7 Å². The van der Waals surface area contributed by atoms with Gasteiger partial charge >= 0.3 is 0 Å². The highest BCUT2D eigenvalue weighted by atomic mass is 16.3. The molecule has 0 aliphatic rings. The first kappa shape index (κ1) is 13.1. The standard InChI is InChI=1S/C14H16N2O3/c1-10(4-6-12-3-2-8-19-12)16-14(18)11-5-7-13(17)15-9-11/h2-3,5,7-10H,4,6H2,1H3,(H,15,17)(H,16,18)/t10-/m0/s1. The number of pyridine rings is 1. The molecule has 0 aromatic carbocycles. The number of rotatable bonds is 5. The number of hydrogen-bond donors (Lipinski definition) is 2. The number of carbonyl (C=O) groups is 1. The van der Waals surface area contributed by atoms with Crippen molar-refractivity contribution in [1.29, 1.82) is 0 Å². The van der Waals surface area contributed by atoms with Crippen LogP contribution in [0.2, 0.25) is 0 Å². The molecule has 0 saturated heterocycles. The molecule has 2 rings (SSSR count). The average molecular weight is 260 g/mol. The van der Waals surface area contributed by atoms with E-state index >= 15 is 0 Å². The van der Waals surface area contributed by atoms with Gasteiger partial charge in [0, 0.05) is 24.7 Å². The highest BCUT2D eigenvalue weighted by Crippen LogP contribution is 2.06. The van der Waals surface area contributed by atoms with Crippen molar-refractivity contribution in [2.75, 3.05) is 0 Å². The molecule has 0 aliphatic carbocycles. The number of nitrogens with one attached hydrogen (secondary N) is 2. The Balaban J connectivity index is 1.84. The summed E-state index contributed by atoms with van der Waals surface area (Å²) in [6, 6.07) is 6.63. The number of furan rings is 1. The summed E-state index contributed by atoms with van der Waals surface area (Å²) >= 11 is 0. The molecule has 5 nitrogen and oxygen atoms in total. The van der Waals surface area contributed by atoms with E-state index in [2.05, 4.69) is 10.3 Å². The minimum atomic E-state index is -0.220. The van der Waals surface area contributed by atoms with E-state index in [9.17, 15) is 9.59 Å². The molecule has 0 fully saturated rings. The smallest absolute Gasteiger partial charge is 0.252 e. The quantitative estimate of drug-likeness (QED) is 0.859. The molecule has 0 radical (unpaired) electrons. The average Bonchev–Trinajstić information content (AvgIpc) is 2.90. The molecule has 0 spiro atoms. The van der Waals surface area contributed by atoms with Gasteiger partial charge in [0.05, 0.1) is 11.8 Å². The van der Waals surface area contributed by atoms with Gasteiger partial charge in [0.1, 0.15) is 5.76 Å². The van der Waals surface area contributed by atoms with E-state index in [1.165, 1.54) is 18.3 Å². The van der Waals surface area contributed by atoms with Gasteiger partial charge in [-0.1, -0.05) is 0 Å². The summed E-state index contributed by atoms with van der Waals surface area (Å²) in [6.07, 6.45) is 4.62. The summed E-state index contributed by atoms with van der Waals surface area (Å²) in [5, 5.41) is 2.88. The molecule has 2 N–H and O–H groups in total. The van der Waals surface area contributed by atoms with E-state index in [0.717, 1.165) is 18.6 Å². The van der Waals surface area contributed by atoms with E-state index < -0.39 is 0 Å². The maximum atomic E-state index is 11.9. The van der Waals surface area contributed by atoms with E-state index in [0.29, 0.717) is 5.56 Å². The zero-order valence-electron chi connectivity index (χ0n) is 10.7. The topological polar surface area (TPSA) is 75.1 Å². The Bertz CT molecular complexity index is 566. The molecule has 2 aromatic rings. The monoisotopic (exact) mass is 260 g/mol. The second-order valence-electron chi connectivity index (χ2n) is 4.43. The minimum absolute atomic E-state index is 0.0320. The van der Waals surface area contributed by atoms with Crippen LogP contribution in [0.1, 0.15) is 29.5 Å². The van der Waals surface area contributed by atoms with E-state index in [-0.39, 0.29) is 17.5 Å². The van der Waals surface area contributed by atoms with Gasteiger partial charge in [-0.3, -0.25) is 9.59 Å². The fourth-order valence-electron chi connectivity index (χ4n) is 1.74. The van der Waals surface area contributed by atoms with Crippen molar-refractivity contribution in [3.8, 4) is 0 Å². The molecule has 19 heavy (non-hydrogen) atoms. The van der Waals surface area contributed by atoms with Gasteiger partial charge in [-0.2, -0.15) is 0 Å². The molecular weight excluding hydrogens is 244 g/mol. The number of hydrogen-bond acceptors (Lipinski definition) is 3. The van der Waals surface area contributed by atoms with Gasteiger partial charge in [-0.25, -0.2) is 0 Å². The Hall–Kier alpha value is -2.30. The molecule has 1 atom stereocenters. The first-order valence-electron chi connectivity index (χ1n) is 6.17. The molecule has 0 saturated carbocycles. The van der Waals surface area contributed by atoms with Crippen molar-refractivity contribution < 1.29 is 9.21 Å². The molecule has 0 unspecified atom stereocenters. The van der Waals surface area contributed by atoms with Gasteiger partial charge in [-0.15, -0.1) is 0 Å². The van der Waals surface area contributed by atoms with Gasteiger partial charge in [0.15, 0.2) is 0 Å². The third kappa shape index (κ3) is 3.84. The molecule has 2 aromatic heterocycles. The number of aryl methyl sites for hydroxylation is 1. The van der Waals surface area contributed by atoms with Crippen LogP contribution in [0.4, 0.5) is 0 Å². The zero-order valence-corrected chi connectivity index (χ0v) is 10.7. The second-order valence-corrected chi connectivity index (χ2v) is 4.43. The molecule has 0 aliphatic heterocycles. The Kier molecular flexibility index (Phi) is 4.18. The van der Waals surface area contributed by atoms with Crippen LogP contribution in [0.15, 0.2) is 45.9 Å². The first-order chi connectivity index (χ1) is 9.15.